The summed E-state index contributed by atoms with van der Waals surface area (Å²) >= 11 is 0. The summed E-state index contributed by atoms with van der Waals surface area (Å²) in [6, 6.07) is 7.49. The number of ketones is 2. The second-order valence-corrected chi connectivity index (χ2v) is 7.43. The number of hydrogen-bond acceptors (Lipinski definition) is 4. The molecule has 4 nitrogen and oxygen atoms in total. The molecule has 0 amide bonds. The molecule has 0 radical (unpaired) electrons. The number of carbonyl (C=O) groups is 2. The van der Waals surface area contributed by atoms with Gasteiger partial charge >= 0.3 is 0 Å². The molecule has 0 saturated carbocycles. The Kier molecular flexibility index (Phi) is 7.33. The van der Waals surface area contributed by atoms with Gasteiger partial charge in [0.25, 0.3) is 0 Å². The van der Waals surface area contributed by atoms with Crippen LogP contribution in [0.15, 0.2) is 24.3 Å². The Hall–Kier alpha value is -1.52. The van der Waals surface area contributed by atoms with Gasteiger partial charge in [0, 0.05) is 43.6 Å². The minimum absolute atomic E-state index is 0.0266. The lowest BCUT2D eigenvalue weighted by molar-refractivity contribution is -0.127. The monoisotopic (exact) mass is 344 g/mol. The second kappa shape index (κ2) is 9.25. The highest BCUT2D eigenvalue weighted by Gasteiger charge is 2.30. The molecule has 1 aromatic carbocycles. The van der Waals surface area contributed by atoms with Crippen molar-refractivity contribution in [3.63, 3.8) is 0 Å². The summed E-state index contributed by atoms with van der Waals surface area (Å²) in [6.07, 6.45) is 1.90. The van der Waals surface area contributed by atoms with Gasteiger partial charge in [-0.1, -0.05) is 52.3 Å². The van der Waals surface area contributed by atoms with E-state index >= 15 is 0 Å². The van der Waals surface area contributed by atoms with E-state index < -0.39 is 0 Å². The Bertz CT molecular complexity index is 591. The standard InChI is InChI=1S/C21H32N2O2/c1-5-7-16(4)21(25)18-9-6-8-17(14-18)19(20(24)15(2)3)23-12-10-22-11-13-23/h6,8-9,14-16,19,22H,5,7,10-13H2,1-4H3. The molecule has 0 bridgehead atoms. The third kappa shape index (κ3) is 4.99. The van der Waals surface area contributed by atoms with Crippen molar-refractivity contribution in [3.05, 3.63) is 35.4 Å². The minimum atomic E-state index is -0.253. The molecule has 25 heavy (non-hydrogen) atoms. The summed E-state index contributed by atoms with van der Waals surface area (Å²) in [5, 5.41) is 3.34. The maximum atomic E-state index is 12.9. The number of hydrogen-bond donors (Lipinski definition) is 1. The lowest BCUT2D eigenvalue weighted by Crippen LogP contribution is -2.47. The molecular weight excluding hydrogens is 312 g/mol. The number of nitrogens with one attached hydrogen (secondary N) is 1. The van der Waals surface area contributed by atoms with E-state index in [4.69, 9.17) is 0 Å². The zero-order chi connectivity index (χ0) is 18.4. The van der Waals surface area contributed by atoms with Gasteiger partial charge in [0.2, 0.25) is 0 Å². The van der Waals surface area contributed by atoms with Gasteiger partial charge in [-0.05, 0) is 18.1 Å². The van der Waals surface area contributed by atoms with Gasteiger partial charge in [0.05, 0.1) is 6.04 Å². The van der Waals surface area contributed by atoms with Gasteiger partial charge in [0.1, 0.15) is 0 Å². The molecule has 1 N–H and O–H groups in total. The summed E-state index contributed by atoms with van der Waals surface area (Å²) in [6.45, 7) is 11.5. The largest absolute Gasteiger partial charge is 0.314 e. The Morgan fingerprint density at radius 1 is 1.16 bits per heavy atom. The van der Waals surface area contributed by atoms with Gasteiger partial charge in [-0.15, -0.1) is 0 Å². The Morgan fingerprint density at radius 3 is 2.44 bits per heavy atom. The molecule has 2 atom stereocenters. The Morgan fingerprint density at radius 2 is 1.84 bits per heavy atom. The van der Waals surface area contributed by atoms with Crippen LogP contribution in [0.25, 0.3) is 0 Å². The third-order valence-electron chi connectivity index (χ3n) is 5.01. The normalized spacial score (nSPS) is 18.1. The zero-order valence-electron chi connectivity index (χ0n) is 16.0. The van der Waals surface area contributed by atoms with Crippen molar-refractivity contribution in [1.82, 2.24) is 10.2 Å². The fourth-order valence-corrected chi connectivity index (χ4v) is 3.52. The molecule has 1 fully saturated rings. The highest BCUT2D eigenvalue weighted by atomic mass is 16.1. The van der Waals surface area contributed by atoms with E-state index in [1.54, 1.807) is 0 Å². The SMILES string of the molecule is CCCC(C)C(=O)c1cccc(C(C(=O)C(C)C)N2CCNCC2)c1. The molecule has 138 valence electrons. The molecule has 1 heterocycles. The number of piperazine rings is 1. The van der Waals surface area contributed by atoms with E-state index in [-0.39, 0.29) is 29.4 Å². The molecule has 0 aliphatic carbocycles. The molecule has 1 aliphatic heterocycles. The van der Waals surface area contributed by atoms with Crippen LogP contribution in [0.3, 0.4) is 0 Å². The van der Waals surface area contributed by atoms with E-state index in [0.717, 1.165) is 50.1 Å². The first-order chi connectivity index (χ1) is 12.0. The summed E-state index contributed by atoms with van der Waals surface area (Å²) in [5.41, 5.74) is 1.69. The van der Waals surface area contributed by atoms with E-state index in [2.05, 4.69) is 17.1 Å². The number of benzene rings is 1. The topological polar surface area (TPSA) is 49.4 Å². The zero-order valence-corrected chi connectivity index (χ0v) is 16.0. The average Bonchev–Trinajstić information content (AvgIpc) is 2.62. The fourth-order valence-electron chi connectivity index (χ4n) is 3.52. The van der Waals surface area contributed by atoms with Crippen molar-refractivity contribution in [1.29, 1.82) is 0 Å². The molecule has 1 aliphatic rings. The van der Waals surface area contributed by atoms with E-state index in [9.17, 15) is 9.59 Å². The highest BCUT2D eigenvalue weighted by Crippen LogP contribution is 2.27. The van der Waals surface area contributed by atoms with Crippen molar-refractivity contribution >= 4 is 11.6 Å². The van der Waals surface area contributed by atoms with Crippen LogP contribution in [0.1, 0.15) is 62.5 Å². The number of rotatable bonds is 8. The smallest absolute Gasteiger partial charge is 0.165 e. The second-order valence-electron chi connectivity index (χ2n) is 7.43. The first-order valence-electron chi connectivity index (χ1n) is 9.58. The van der Waals surface area contributed by atoms with Crippen LogP contribution in [0.2, 0.25) is 0 Å². The van der Waals surface area contributed by atoms with Crippen LogP contribution in [-0.2, 0) is 4.79 Å². The molecule has 4 heteroatoms. The number of nitrogens with zero attached hydrogens (tertiary/aromatic N) is 1. The van der Waals surface area contributed by atoms with Crippen molar-refractivity contribution in [2.75, 3.05) is 26.2 Å². The summed E-state index contributed by atoms with van der Waals surface area (Å²) in [5.74, 6) is 0.407. The van der Waals surface area contributed by atoms with Crippen LogP contribution in [0.4, 0.5) is 0 Å². The van der Waals surface area contributed by atoms with Crippen molar-refractivity contribution < 1.29 is 9.59 Å². The first-order valence-corrected chi connectivity index (χ1v) is 9.58. The van der Waals surface area contributed by atoms with Gasteiger partial charge in [-0.2, -0.15) is 0 Å². The molecular formula is C21H32N2O2. The molecule has 2 rings (SSSR count). The fraction of sp³-hybridized carbons (Fsp3) is 0.619. The quantitative estimate of drug-likeness (QED) is 0.734. The molecule has 0 spiro atoms. The summed E-state index contributed by atoms with van der Waals surface area (Å²) in [7, 11) is 0. The van der Waals surface area contributed by atoms with Gasteiger partial charge < -0.3 is 5.32 Å². The van der Waals surface area contributed by atoms with Gasteiger partial charge in [-0.3, -0.25) is 14.5 Å². The van der Waals surface area contributed by atoms with Crippen molar-refractivity contribution in [2.45, 2.75) is 46.6 Å². The number of carbonyl (C=O) groups excluding carboxylic acids is 2. The molecule has 2 unspecified atom stereocenters. The van der Waals surface area contributed by atoms with Gasteiger partial charge in [-0.25, -0.2) is 0 Å². The lowest BCUT2D eigenvalue weighted by Gasteiger charge is -2.35. The van der Waals surface area contributed by atoms with Crippen LogP contribution in [0, 0.1) is 11.8 Å². The maximum absolute atomic E-state index is 12.9. The number of Topliss-reactive ketones (excluding diaryl/α,β-unsaturated/α-hetero) is 2. The molecule has 0 aromatic heterocycles. The van der Waals surface area contributed by atoms with E-state index in [1.165, 1.54) is 0 Å². The average molecular weight is 344 g/mol. The van der Waals surface area contributed by atoms with Gasteiger partial charge in [0.15, 0.2) is 11.6 Å². The van der Waals surface area contributed by atoms with E-state index in [1.807, 2.05) is 45.0 Å². The van der Waals surface area contributed by atoms with Crippen molar-refractivity contribution in [3.8, 4) is 0 Å². The van der Waals surface area contributed by atoms with E-state index in [0.29, 0.717) is 0 Å². The Balaban J connectivity index is 2.32. The highest BCUT2D eigenvalue weighted by molar-refractivity contribution is 5.98. The first kappa shape index (κ1) is 19.8. The third-order valence-corrected chi connectivity index (χ3v) is 5.01. The Labute approximate surface area is 152 Å². The van der Waals surface area contributed by atoms with Crippen LogP contribution in [-0.4, -0.2) is 42.6 Å². The van der Waals surface area contributed by atoms with Crippen LogP contribution in [0.5, 0.6) is 0 Å². The predicted molar refractivity (Wildman–Crippen MR) is 102 cm³/mol. The molecule has 1 saturated heterocycles. The maximum Gasteiger partial charge on any atom is 0.165 e. The van der Waals surface area contributed by atoms with Crippen LogP contribution < -0.4 is 5.32 Å². The summed E-state index contributed by atoms with van der Waals surface area (Å²) in [4.78, 5) is 27.8. The lowest BCUT2D eigenvalue weighted by atomic mass is 9.89. The van der Waals surface area contributed by atoms with Crippen LogP contribution >= 0.6 is 0 Å². The predicted octanol–water partition coefficient (Wildman–Crippen LogP) is 3.48. The minimum Gasteiger partial charge on any atom is -0.314 e. The summed E-state index contributed by atoms with van der Waals surface area (Å²) < 4.78 is 0. The van der Waals surface area contributed by atoms with Crippen molar-refractivity contribution in [2.24, 2.45) is 11.8 Å². The molecule has 1 aromatic rings.